The third kappa shape index (κ3) is 7.03. The Labute approximate surface area is 228 Å². The van der Waals surface area contributed by atoms with Crippen LogP contribution in [-0.2, 0) is 26.2 Å². The highest BCUT2D eigenvalue weighted by Gasteiger charge is 2.32. The van der Waals surface area contributed by atoms with Gasteiger partial charge in [-0.2, -0.15) is 0 Å². The number of anilines is 1. The molecule has 0 unspecified atom stereocenters. The summed E-state index contributed by atoms with van der Waals surface area (Å²) >= 11 is 12.7. The molecule has 0 radical (unpaired) electrons. The second kappa shape index (κ2) is 12.9. The van der Waals surface area contributed by atoms with Crippen molar-refractivity contribution in [3.05, 3.63) is 94.5 Å². The first kappa shape index (κ1) is 28.5. The van der Waals surface area contributed by atoms with E-state index in [4.69, 9.17) is 23.2 Å². The van der Waals surface area contributed by atoms with Crippen LogP contribution in [0.3, 0.4) is 0 Å². The third-order valence-corrected chi connectivity index (χ3v) is 8.26. The van der Waals surface area contributed by atoms with Crippen molar-refractivity contribution in [2.75, 3.05) is 17.4 Å². The minimum atomic E-state index is -4.10. The summed E-state index contributed by atoms with van der Waals surface area (Å²) in [5, 5.41) is 3.47. The molecule has 1 atom stereocenters. The van der Waals surface area contributed by atoms with E-state index in [9.17, 15) is 18.0 Å². The van der Waals surface area contributed by atoms with Crippen LogP contribution in [0.25, 0.3) is 0 Å². The Kier molecular flexibility index (Phi) is 9.97. The van der Waals surface area contributed by atoms with E-state index in [1.165, 1.54) is 17.0 Å². The van der Waals surface area contributed by atoms with Gasteiger partial charge in [-0.3, -0.25) is 13.9 Å². The van der Waals surface area contributed by atoms with Gasteiger partial charge in [0, 0.05) is 28.7 Å². The molecule has 0 heterocycles. The smallest absolute Gasteiger partial charge is 0.264 e. The first-order chi connectivity index (χ1) is 17.7. The Hall–Kier alpha value is -3.07. The Bertz CT molecular complexity index is 1300. The zero-order valence-corrected chi connectivity index (χ0v) is 22.9. The number of nitrogens with zero attached hydrogens (tertiary/aromatic N) is 2. The van der Waals surface area contributed by atoms with Gasteiger partial charge in [0.05, 0.1) is 10.6 Å². The SMILES string of the molecule is CCCNC(=O)[C@H](C)N(Cc1c(Cl)cccc1Cl)C(=O)CN(c1ccccc1)S(=O)(=O)c1ccccc1. The number of halogens is 2. The van der Waals surface area contributed by atoms with Crippen molar-refractivity contribution in [2.45, 2.75) is 37.8 Å². The number of benzene rings is 3. The number of hydrogen-bond donors (Lipinski definition) is 1. The molecule has 0 spiro atoms. The number of amides is 2. The summed E-state index contributed by atoms with van der Waals surface area (Å²) in [4.78, 5) is 28.0. The van der Waals surface area contributed by atoms with E-state index in [0.29, 0.717) is 27.8 Å². The van der Waals surface area contributed by atoms with Gasteiger partial charge in [-0.25, -0.2) is 8.42 Å². The van der Waals surface area contributed by atoms with Crippen molar-refractivity contribution < 1.29 is 18.0 Å². The van der Waals surface area contributed by atoms with Crippen LogP contribution in [0.2, 0.25) is 10.0 Å². The fourth-order valence-electron chi connectivity index (χ4n) is 3.67. The van der Waals surface area contributed by atoms with Crippen LogP contribution in [0, 0.1) is 0 Å². The summed E-state index contributed by atoms with van der Waals surface area (Å²) in [5.41, 5.74) is 0.782. The van der Waals surface area contributed by atoms with Crippen molar-refractivity contribution in [1.82, 2.24) is 10.2 Å². The molecule has 2 amide bonds. The van der Waals surface area contributed by atoms with E-state index in [-0.39, 0.29) is 17.3 Å². The molecular weight excluding hydrogens is 533 g/mol. The van der Waals surface area contributed by atoms with E-state index >= 15 is 0 Å². The third-order valence-electron chi connectivity index (χ3n) is 5.76. The van der Waals surface area contributed by atoms with Gasteiger partial charge in [-0.15, -0.1) is 0 Å². The van der Waals surface area contributed by atoms with Gasteiger partial charge in [0.15, 0.2) is 0 Å². The topological polar surface area (TPSA) is 86.8 Å². The molecule has 0 fully saturated rings. The highest BCUT2D eigenvalue weighted by molar-refractivity contribution is 7.92. The molecule has 0 aliphatic carbocycles. The normalized spacial score (nSPS) is 12.0. The fraction of sp³-hybridized carbons (Fsp3) is 0.259. The zero-order chi connectivity index (χ0) is 27.0. The zero-order valence-electron chi connectivity index (χ0n) is 20.6. The van der Waals surface area contributed by atoms with Crippen molar-refractivity contribution in [1.29, 1.82) is 0 Å². The predicted molar refractivity (Wildman–Crippen MR) is 147 cm³/mol. The number of carbonyl (C=O) groups excluding carboxylic acids is 2. The van der Waals surface area contributed by atoms with Crippen LogP contribution in [0.4, 0.5) is 5.69 Å². The van der Waals surface area contributed by atoms with Gasteiger partial charge >= 0.3 is 0 Å². The monoisotopic (exact) mass is 561 g/mol. The number of sulfonamides is 1. The van der Waals surface area contributed by atoms with Crippen LogP contribution in [-0.4, -0.2) is 44.3 Å². The van der Waals surface area contributed by atoms with E-state index in [2.05, 4.69) is 5.32 Å². The van der Waals surface area contributed by atoms with Crippen molar-refractivity contribution >= 4 is 50.7 Å². The first-order valence-electron chi connectivity index (χ1n) is 11.8. The molecule has 0 aliphatic heterocycles. The van der Waals surface area contributed by atoms with Gasteiger partial charge in [-0.05, 0) is 49.7 Å². The van der Waals surface area contributed by atoms with Crippen LogP contribution < -0.4 is 9.62 Å². The molecule has 0 bridgehead atoms. The minimum absolute atomic E-state index is 0.0427. The lowest BCUT2D eigenvalue weighted by molar-refractivity contribution is -0.139. The molecular formula is C27H29Cl2N3O4S. The molecule has 10 heteroatoms. The van der Waals surface area contributed by atoms with Gasteiger partial charge < -0.3 is 10.2 Å². The van der Waals surface area contributed by atoms with Gasteiger partial charge in [0.25, 0.3) is 10.0 Å². The molecule has 3 rings (SSSR count). The number of para-hydroxylation sites is 1. The van der Waals surface area contributed by atoms with Crippen molar-refractivity contribution in [3.63, 3.8) is 0 Å². The molecule has 0 aromatic heterocycles. The first-order valence-corrected chi connectivity index (χ1v) is 14.0. The Morgan fingerprint density at radius 1 is 0.892 bits per heavy atom. The van der Waals surface area contributed by atoms with Gasteiger partial charge in [0.2, 0.25) is 11.8 Å². The molecule has 0 saturated carbocycles. The molecule has 1 N–H and O–H groups in total. The highest BCUT2D eigenvalue weighted by atomic mass is 35.5. The average Bonchev–Trinajstić information content (AvgIpc) is 2.90. The molecule has 0 aliphatic rings. The quantitative estimate of drug-likeness (QED) is 0.351. The summed E-state index contributed by atoms with van der Waals surface area (Å²) in [6, 6.07) is 20.3. The standard InChI is InChI=1S/C27H29Cl2N3O4S/c1-3-17-30-27(34)20(2)31(18-23-24(28)15-10-16-25(23)29)26(33)19-32(21-11-6-4-7-12-21)37(35,36)22-13-8-5-9-14-22/h4-16,20H,3,17-19H2,1-2H3,(H,30,34)/t20-/m0/s1. The summed E-state index contributed by atoms with van der Waals surface area (Å²) in [5.74, 6) is -0.950. The highest BCUT2D eigenvalue weighted by Crippen LogP contribution is 2.28. The second-order valence-corrected chi connectivity index (χ2v) is 11.0. The molecule has 37 heavy (non-hydrogen) atoms. The van der Waals surface area contributed by atoms with Crippen molar-refractivity contribution in [3.8, 4) is 0 Å². The van der Waals surface area contributed by atoms with E-state index in [0.717, 1.165) is 10.7 Å². The average molecular weight is 563 g/mol. The van der Waals surface area contributed by atoms with Crippen LogP contribution in [0.5, 0.6) is 0 Å². The number of rotatable bonds is 11. The van der Waals surface area contributed by atoms with Crippen LogP contribution in [0.1, 0.15) is 25.8 Å². The number of hydrogen-bond acceptors (Lipinski definition) is 4. The Balaban J connectivity index is 2.02. The lowest BCUT2D eigenvalue weighted by Crippen LogP contribution is -2.51. The summed E-state index contributed by atoms with van der Waals surface area (Å²) in [7, 11) is -4.10. The number of nitrogens with one attached hydrogen (secondary N) is 1. The van der Waals surface area contributed by atoms with Gasteiger partial charge in [0.1, 0.15) is 12.6 Å². The summed E-state index contributed by atoms with van der Waals surface area (Å²) < 4.78 is 28.3. The van der Waals surface area contributed by atoms with E-state index in [1.54, 1.807) is 73.7 Å². The second-order valence-electron chi connectivity index (χ2n) is 8.35. The van der Waals surface area contributed by atoms with Gasteiger partial charge in [-0.1, -0.05) is 72.6 Å². The maximum Gasteiger partial charge on any atom is 0.264 e. The predicted octanol–water partition coefficient (Wildman–Crippen LogP) is 5.13. The molecule has 3 aromatic carbocycles. The Morgan fingerprint density at radius 3 is 2.03 bits per heavy atom. The maximum atomic E-state index is 13.8. The molecule has 0 saturated heterocycles. The Morgan fingerprint density at radius 2 is 1.46 bits per heavy atom. The lowest BCUT2D eigenvalue weighted by Gasteiger charge is -2.32. The van der Waals surface area contributed by atoms with E-state index in [1.807, 2.05) is 6.92 Å². The minimum Gasteiger partial charge on any atom is -0.354 e. The number of carbonyl (C=O) groups is 2. The summed E-state index contributed by atoms with van der Waals surface area (Å²) in [6.45, 7) is 3.34. The maximum absolute atomic E-state index is 13.8. The van der Waals surface area contributed by atoms with Crippen molar-refractivity contribution in [2.24, 2.45) is 0 Å². The van der Waals surface area contributed by atoms with E-state index < -0.39 is 28.5 Å². The fourth-order valence-corrected chi connectivity index (χ4v) is 5.63. The molecule has 196 valence electrons. The molecule has 7 nitrogen and oxygen atoms in total. The van der Waals surface area contributed by atoms with Crippen LogP contribution >= 0.6 is 23.2 Å². The largest absolute Gasteiger partial charge is 0.354 e. The molecule has 3 aromatic rings. The van der Waals surface area contributed by atoms with Crippen LogP contribution in [0.15, 0.2) is 83.8 Å². The lowest BCUT2D eigenvalue weighted by atomic mass is 10.1. The summed E-state index contributed by atoms with van der Waals surface area (Å²) in [6.07, 6.45) is 0.722.